The first-order valence-electron chi connectivity index (χ1n) is 7.82. The van der Waals surface area contributed by atoms with Crippen LogP contribution in [0.1, 0.15) is 21.3 Å². The highest BCUT2D eigenvalue weighted by Crippen LogP contribution is 2.24. The summed E-state index contributed by atoms with van der Waals surface area (Å²) in [4.78, 5) is 13.9. The molecule has 0 spiro atoms. The third-order valence-electron chi connectivity index (χ3n) is 3.73. The first kappa shape index (κ1) is 18.6. The van der Waals surface area contributed by atoms with Crippen LogP contribution in [-0.4, -0.2) is 10.8 Å². The van der Waals surface area contributed by atoms with Gasteiger partial charge in [-0.25, -0.2) is 4.39 Å². The van der Waals surface area contributed by atoms with Gasteiger partial charge in [-0.05, 0) is 29.8 Å². The summed E-state index contributed by atoms with van der Waals surface area (Å²) in [5.74, 6) is -0.423. The van der Waals surface area contributed by atoms with Crippen LogP contribution < -0.4 is 9.88 Å². The summed E-state index contributed by atoms with van der Waals surface area (Å²) in [6, 6.07) is 14.4. The molecule has 132 valence electrons. The summed E-state index contributed by atoms with van der Waals surface area (Å²) in [6.45, 7) is 0.404. The maximum absolute atomic E-state index is 13.0. The van der Waals surface area contributed by atoms with E-state index in [2.05, 4.69) is 5.32 Å². The van der Waals surface area contributed by atoms with Gasteiger partial charge in [-0.1, -0.05) is 42.0 Å². The Morgan fingerprint density at radius 1 is 1.15 bits per heavy atom. The minimum absolute atomic E-state index is 0.130. The van der Waals surface area contributed by atoms with Crippen LogP contribution in [0, 0.1) is 5.82 Å². The highest BCUT2D eigenvalue weighted by atomic mass is 35.5. The van der Waals surface area contributed by atoms with E-state index in [4.69, 9.17) is 23.8 Å². The Morgan fingerprint density at radius 2 is 1.85 bits per heavy atom. The van der Waals surface area contributed by atoms with Crippen LogP contribution >= 0.6 is 35.2 Å². The average Bonchev–Trinajstić information content (AvgIpc) is 3.09. The van der Waals surface area contributed by atoms with Gasteiger partial charge in [0.15, 0.2) is 17.4 Å². The van der Waals surface area contributed by atoms with E-state index in [9.17, 15) is 9.18 Å². The second-order valence-electron chi connectivity index (χ2n) is 5.54. The molecule has 1 N–H and O–H groups in total. The fourth-order valence-corrected chi connectivity index (χ4v) is 3.75. The highest BCUT2D eigenvalue weighted by molar-refractivity contribution is 7.80. The average molecular weight is 406 g/mol. The van der Waals surface area contributed by atoms with E-state index in [1.54, 1.807) is 41.2 Å². The quantitative estimate of drug-likeness (QED) is 0.375. The number of aromatic nitrogens is 1. The largest absolute Gasteiger partial charge is 0.370 e. The number of nitrogens with zero attached hydrogens (tertiary/aromatic N) is 1. The van der Waals surface area contributed by atoms with E-state index in [0.717, 1.165) is 5.56 Å². The van der Waals surface area contributed by atoms with Gasteiger partial charge >= 0.3 is 0 Å². The molecular formula is C19H15ClFN2OS2+. The number of halogens is 2. The predicted molar refractivity (Wildman–Crippen MR) is 105 cm³/mol. The van der Waals surface area contributed by atoms with Crippen molar-refractivity contribution in [2.45, 2.75) is 12.6 Å². The number of benzene rings is 1. The van der Waals surface area contributed by atoms with Crippen molar-refractivity contribution in [2.24, 2.45) is 0 Å². The van der Waals surface area contributed by atoms with Gasteiger partial charge in [0.2, 0.25) is 5.78 Å². The number of hydrogen-bond donors (Lipinski definition) is 1. The molecule has 2 aromatic heterocycles. The molecule has 3 aromatic rings. The number of hydrogen-bond acceptors (Lipinski definition) is 3. The van der Waals surface area contributed by atoms with Gasteiger partial charge < -0.3 is 5.32 Å². The standard InChI is InChI=1S/C19H14ClFN2OS2/c20-16-9-8-15(26-16)18(24)17(23-10-2-1-3-11-23)19(25)22-12-13-4-6-14(21)7-5-13/h1-11,17H,12H2/p+1/t17-/m1/s1. The lowest BCUT2D eigenvalue weighted by atomic mass is 10.1. The Hall–Kier alpha value is -2.15. The summed E-state index contributed by atoms with van der Waals surface area (Å²) >= 11 is 12.7. The zero-order valence-electron chi connectivity index (χ0n) is 13.6. The van der Waals surface area contributed by atoms with Crippen molar-refractivity contribution < 1.29 is 13.8 Å². The third-order valence-corrected chi connectivity index (χ3v) is 5.34. The van der Waals surface area contributed by atoms with Gasteiger partial charge in [-0.3, -0.25) is 4.79 Å². The minimum atomic E-state index is -0.679. The summed E-state index contributed by atoms with van der Waals surface area (Å²) in [5, 5.41) is 3.11. The Bertz CT molecular complexity index is 913. The molecule has 7 heteroatoms. The first-order valence-corrected chi connectivity index (χ1v) is 9.42. The van der Waals surface area contributed by atoms with Crippen molar-refractivity contribution in [3.8, 4) is 0 Å². The fraction of sp³-hybridized carbons (Fsp3) is 0.105. The molecule has 0 amide bonds. The van der Waals surface area contributed by atoms with Crippen LogP contribution in [0.2, 0.25) is 4.34 Å². The molecule has 0 unspecified atom stereocenters. The van der Waals surface area contributed by atoms with Crippen molar-refractivity contribution in [2.75, 3.05) is 0 Å². The fourth-order valence-electron chi connectivity index (χ4n) is 2.44. The first-order chi connectivity index (χ1) is 12.5. The molecule has 2 heterocycles. The second kappa shape index (κ2) is 8.49. The van der Waals surface area contributed by atoms with Crippen LogP contribution in [0.15, 0.2) is 67.0 Å². The Labute approximate surface area is 165 Å². The number of carbonyl (C=O) groups excluding carboxylic acids is 1. The van der Waals surface area contributed by atoms with Crippen molar-refractivity contribution in [1.82, 2.24) is 5.32 Å². The second-order valence-corrected chi connectivity index (χ2v) is 7.69. The minimum Gasteiger partial charge on any atom is -0.370 e. The molecule has 1 atom stereocenters. The highest BCUT2D eigenvalue weighted by Gasteiger charge is 2.33. The molecule has 3 nitrogen and oxygen atoms in total. The summed E-state index contributed by atoms with van der Waals surface area (Å²) < 4.78 is 15.3. The van der Waals surface area contributed by atoms with E-state index < -0.39 is 6.04 Å². The van der Waals surface area contributed by atoms with Gasteiger partial charge in [-0.2, -0.15) is 4.57 Å². The lowest BCUT2D eigenvalue weighted by Gasteiger charge is -2.14. The van der Waals surface area contributed by atoms with Crippen molar-refractivity contribution in [3.63, 3.8) is 0 Å². The zero-order chi connectivity index (χ0) is 18.5. The zero-order valence-corrected chi connectivity index (χ0v) is 16.0. The van der Waals surface area contributed by atoms with Gasteiger partial charge in [-0.15, -0.1) is 11.3 Å². The van der Waals surface area contributed by atoms with E-state index in [1.807, 2.05) is 18.2 Å². The van der Waals surface area contributed by atoms with Crippen molar-refractivity contribution in [1.29, 1.82) is 0 Å². The smallest absolute Gasteiger partial charge is 0.271 e. The Morgan fingerprint density at radius 3 is 2.46 bits per heavy atom. The summed E-state index contributed by atoms with van der Waals surface area (Å²) in [6.07, 6.45) is 3.59. The molecule has 3 rings (SSSR count). The molecule has 26 heavy (non-hydrogen) atoms. The number of ketones is 1. The molecule has 0 radical (unpaired) electrons. The van der Waals surface area contributed by atoms with E-state index in [0.29, 0.717) is 20.7 Å². The van der Waals surface area contributed by atoms with Crippen LogP contribution in [0.3, 0.4) is 0 Å². The van der Waals surface area contributed by atoms with Crippen LogP contribution in [0.5, 0.6) is 0 Å². The number of pyridine rings is 1. The number of thiophene rings is 1. The Balaban J connectivity index is 1.81. The molecule has 1 aromatic carbocycles. The van der Waals surface area contributed by atoms with Gasteiger partial charge in [0.25, 0.3) is 6.04 Å². The number of carbonyl (C=O) groups is 1. The van der Waals surface area contributed by atoms with Crippen LogP contribution in [-0.2, 0) is 6.54 Å². The van der Waals surface area contributed by atoms with E-state index >= 15 is 0 Å². The topological polar surface area (TPSA) is 33.0 Å². The van der Waals surface area contributed by atoms with E-state index in [1.165, 1.54) is 23.5 Å². The molecule has 0 fully saturated rings. The lowest BCUT2D eigenvalue weighted by molar-refractivity contribution is -0.692. The van der Waals surface area contributed by atoms with Crippen molar-refractivity contribution in [3.05, 3.63) is 87.6 Å². The maximum atomic E-state index is 13.0. The summed E-state index contributed by atoms with van der Waals surface area (Å²) in [5.41, 5.74) is 0.872. The van der Waals surface area contributed by atoms with Gasteiger partial charge in [0.05, 0.1) is 9.21 Å². The number of Topliss-reactive ketones (excluding diaryl/α,β-unsaturated/α-hetero) is 1. The molecule has 0 aliphatic carbocycles. The normalized spacial score (nSPS) is 11.8. The molecular weight excluding hydrogens is 391 g/mol. The molecule has 0 saturated carbocycles. The number of rotatable bonds is 6. The number of nitrogens with one attached hydrogen (secondary N) is 1. The Kier molecular flexibility index (Phi) is 6.08. The third kappa shape index (κ3) is 4.52. The molecule has 0 aliphatic heterocycles. The van der Waals surface area contributed by atoms with Crippen LogP contribution in [0.25, 0.3) is 0 Å². The van der Waals surface area contributed by atoms with Gasteiger partial charge in [0, 0.05) is 18.7 Å². The maximum Gasteiger partial charge on any atom is 0.271 e. The molecule has 0 saturated heterocycles. The predicted octanol–water partition coefficient (Wildman–Crippen LogP) is 4.37. The van der Waals surface area contributed by atoms with Crippen LogP contribution in [0.4, 0.5) is 4.39 Å². The van der Waals surface area contributed by atoms with E-state index in [-0.39, 0.29) is 11.6 Å². The SMILES string of the molecule is O=C(c1ccc(Cl)s1)[C@H](C(=S)NCc1ccc(F)cc1)[n+]1ccccc1. The summed E-state index contributed by atoms with van der Waals surface area (Å²) in [7, 11) is 0. The number of thiocarbonyl (C=S) groups is 1. The van der Waals surface area contributed by atoms with Crippen molar-refractivity contribution >= 4 is 45.9 Å². The molecule has 0 aliphatic rings. The lowest BCUT2D eigenvalue weighted by Crippen LogP contribution is -2.51. The molecule has 0 bridgehead atoms. The van der Waals surface area contributed by atoms with Gasteiger partial charge in [0.1, 0.15) is 5.82 Å². The monoisotopic (exact) mass is 405 g/mol.